The molecule has 0 spiro atoms. The third-order valence-electron chi connectivity index (χ3n) is 7.21. The van der Waals surface area contributed by atoms with Crippen molar-refractivity contribution in [3.63, 3.8) is 0 Å². The zero-order chi connectivity index (χ0) is 20.8. The predicted octanol–water partition coefficient (Wildman–Crippen LogP) is 3.70. The number of carbonyl (C=O) groups is 1. The molecule has 0 unspecified atom stereocenters. The van der Waals surface area contributed by atoms with Crippen molar-refractivity contribution in [3.8, 4) is 0 Å². The van der Waals surface area contributed by atoms with Gasteiger partial charge in [-0.05, 0) is 92.0 Å². The molecule has 1 heterocycles. The van der Waals surface area contributed by atoms with Crippen molar-refractivity contribution < 1.29 is 17.6 Å². The number of amides is 1. The summed E-state index contributed by atoms with van der Waals surface area (Å²) in [5.41, 5.74) is 0.624. The zero-order valence-corrected chi connectivity index (χ0v) is 17.8. The second kappa shape index (κ2) is 7.54. The van der Waals surface area contributed by atoms with Crippen LogP contribution in [0.3, 0.4) is 0 Å². The number of carbonyl (C=O) groups excluding carboxylic acids is 1. The molecule has 4 bridgehead atoms. The molecule has 4 aliphatic carbocycles. The molecule has 6 rings (SSSR count). The fraction of sp³-hybridized carbons (Fsp3) is 0.522. The number of furan rings is 1. The quantitative estimate of drug-likeness (QED) is 0.704. The van der Waals surface area contributed by atoms with Crippen LogP contribution >= 0.6 is 0 Å². The molecular formula is C23H28N2O4S. The molecule has 2 aromatic rings. The number of hydrogen-bond acceptors (Lipinski definition) is 4. The van der Waals surface area contributed by atoms with Crippen molar-refractivity contribution in [1.82, 2.24) is 10.0 Å². The Labute approximate surface area is 177 Å². The molecule has 1 aromatic heterocycles. The summed E-state index contributed by atoms with van der Waals surface area (Å²) < 4.78 is 32.9. The second-order valence-electron chi connectivity index (χ2n) is 9.53. The van der Waals surface area contributed by atoms with Crippen molar-refractivity contribution in [3.05, 3.63) is 54.0 Å². The minimum absolute atomic E-state index is 0.0672. The molecule has 0 atom stereocenters. The van der Waals surface area contributed by atoms with E-state index in [0.29, 0.717) is 17.9 Å². The van der Waals surface area contributed by atoms with Crippen LogP contribution in [0, 0.1) is 23.2 Å². The lowest BCUT2D eigenvalue weighted by Crippen LogP contribution is -2.51. The summed E-state index contributed by atoms with van der Waals surface area (Å²) in [7, 11) is -3.73. The summed E-state index contributed by atoms with van der Waals surface area (Å²) in [6, 6.07) is 9.64. The number of hydrogen-bond donors (Lipinski definition) is 2. The van der Waals surface area contributed by atoms with E-state index in [1.54, 1.807) is 24.3 Å². The summed E-state index contributed by atoms with van der Waals surface area (Å²) in [5, 5.41) is 3.12. The minimum Gasteiger partial charge on any atom is -0.468 e. The Balaban J connectivity index is 1.24. The molecule has 4 aliphatic rings. The van der Waals surface area contributed by atoms with Gasteiger partial charge in [0.15, 0.2) is 0 Å². The Morgan fingerprint density at radius 3 is 2.37 bits per heavy atom. The molecule has 7 heteroatoms. The van der Waals surface area contributed by atoms with Gasteiger partial charge in [-0.25, -0.2) is 13.1 Å². The van der Waals surface area contributed by atoms with Gasteiger partial charge in [-0.3, -0.25) is 4.79 Å². The highest BCUT2D eigenvalue weighted by Crippen LogP contribution is 2.59. The maximum atomic E-state index is 12.8. The van der Waals surface area contributed by atoms with Crippen LogP contribution in [0.2, 0.25) is 0 Å². The summed E-state index contributed by atoms with van der Waals surface area (Å²) in [4.78, 5) is 12.9. The van der Waals surface area contributed by atoms with E-state index in [1.807, 2.05) is 0 Å². The number of benzene rings is 1. The first-order valence-electron chi connectivity index (χ1n) is 10.8. The van der Waals surface area contributed by atoms with Gasteiger partial charge in [-0.1, -0.05) is 6.07 Å². The molecule has 0 radical (unpaired) electrons. The maximum absolute atomic E-state index is 12.8. The first-order chi connectivity index (χ1) is 14.4. The van der Waals surface area contributed by atoms with Gasteiger partial charge in [0.2, 0.25) is 10.0 Å². The van der Waals surface area contributed by atoms with E-state index in [1.165, 1.54) is 56.9 Å². The van der Waals surface area contributed by atoms with Crippen molar-refractivity contribution in [2.75, 3.05) is 6.54 Å². The Bertz CT molecular complexity index is 994. The average molecular weight is 429 g/mol. The molecule has 1 aromatic carbocycles. The van der Waals surface area contributed by atoms with E-state index in [4.69, 9.17) is 4.42 Å². The third kappa shape index (κ3) is 3.93. The maximum Gasteiger partial charge on any atom is 0.251 e. The molecule has 6 nitrogen and oxygen atoms in total. The summed E-state index contributed by atoms with van der Waals surface area (Å²) in [6.45, 7) is 0.765. The van der Waals surface area contributed by atoms with Gasteiger partial charge in [-0.2, -0.15) is 0 Å². The highest BCUT2D eigenvalue weighted by Gasteiger charge is 2.50. The molecule has 0 aliphatic heterocycles. The van der Waals surface area contributed by atoms with Crippen LogP contribution in [0.15, 0.2) is 52.0 Å². The fourth-order valence-electron chi connectivity index (χ4n) is 6.34. The third-order valence-corrected chi connectivity index (χ3v) is 8.61. The minimum atomic E-state index is -3.73. The number of sulfonamides is 1. The lowest BCUT2D eigenvalue weighted by atomic mass is 9.49. The van der Waals surface area contributed by atoms with Gasteiger partial charge in [0, 0.05) is 12.1 Å². The van der Waals surface area contributed by atoms with Gasteiger partial charge >= 0.3 is 0 Å². The van der Waals surface area contributed by atoms with Crippen LogP contribution in [-0.2, 0) is 16.6 Å². The van der Waals surface area contributed by atoms with Gasteiger partial charge in [0.25, 0.3) is 5.91 Å². The van der Waals surface area contributed by atoms with E-state index in [0.717, 1.165) is 17.8 Å². The van der Waals surface area contributed by atoms with Crippen LogP contribution < -0.4 is 10.0 Å². The predicted molar refractivity (Wildman–Crippen MR) is 112 cm³/mol. The monoisotopic (exact) mass is 428 g/mol. The SMILES string of the molecule is O=C(NCC12CC3CC(CC(C3)C1)C2)c1cccc(S(=O)(=O)NCc2ccco2)c1. The summed E-state index contributed by atoms with van der Waals surface area (Å²) in [6.07, 6.45) is 9.30. The fourth-order valence-corrected chi connectivity index (χ4v) is 7.38. The average Bonchev–Trinajstić information content (AvgIpc) is 3.24. The first kappa shape index (κ1) is 19.8. The summed E-state index contributed by atoms with van der Waals surface area (Å²) >= 11 is 0. The number of nitrogens with one attached hydrogen (secondary N) is 2. The van der Waals surface area contributed by atoms with Crippen molar-refractivity contribution in [2.45, 2.75) is 50.0 Å². The Kier molecular flexibility index (Phi) is 4.98. The van der Waals surface area contributed by atoms with Crippen LogP contribution in [0.25, 0.3) is 0 Å². The van der Waals surface area contributed by atoms with Gasteiger partial charge in [0.05, 0.1) is 17.7 Å². The Hall–Kier alpha value is -2.12. The van der Waals surface area contributed by atoms with Crippen LogP contribution in [0.1, 0.15) is 54.6 Å². The lowest BCUT2D eigenvalue weighted by molar-refractivity contribution is -0.0503. The second-order valence-corrected chi connectivity index (χ2v) is 11.3. The molecule has 4 saturated carbocycles. The standard InChI is InChI=1S/C23H28N2O4S/c26-22(24-15-23-11-16-7-17(12-23)9-18(8-16)13-23)19-3-1-5-21(10-19)30(27,28)25-14-20-4-2-6-29-20/h1-6,10,16-18,25H,7-9,11-15H2,(H,24,26). The summed E-state index contributed by atoms with van der Waals surface area (Å²) in [5.74, 6) is 2.84. The topological polar surface area (TPSA) is 88.4 Å². The molecule has 1 amide bonds. The van der Waals surface area contributed by atoms with E-state index < -0.39 is 10.0 Å². The highest BCUT2D eigenvalue weighted by molar-refractivity contribution is 7.89. The van der Waals surface area contributed by atoms with Gasteiger partial charge < -0.3 is 9.73 Å². The van der Waals surface area contributed by atoms with Gasteiger partial charge in [-0.15, -0.1) is 0 Å². The normalized spacial score (nSPS) is 29.8. The van der Waals surface area contributed by atoms with E-state index in [9.17, 15) is 13.2 Å². The number of rotatable bonds is 7. The molecule has 30 heavy (non-hydrogen) atoms. The largest absolute Gasteiger partial charge is 0.468 e. The van der Waals surface area contributed by atoms with E-state index in [-0.39, 0.29) is 22.8 Å². The van der Waals surface area contributed by atoms with Crippen molar-refractivity contribution in [2.24, 2.45) is 23.2 Å². The van der Waals surface area contributed by atoms with Gasteiger partial charge in [0.1, 0.15) is 5.76 Å². The highest BCUT2D eigenvalue weighted by atomic mass is 32.2. The van der Waals surface area contributed by atoms with E-state index in [2.05, 4.69) is 10.0 Å². The molecule has 2 N–H and O–H groups in total. The van der Waals surface area contributed by atoms with Crippen molar-refractivity contribution >= 4 is 15.9 Å². The zero-order valence-electron chi connectivity index (χ0n) is 17.0. The lowest BCUT2D eigenvalue weighted by Gasteiger charge is -2.56. The van der Waals surface area contributed by atoms with E-state index >= 15 is 0 Å². The molecule has 0 saturated heterocycles. The Morgan fingerprint density at radius 2 is 1.73 bits per heavy atom. The smallest absolute Gasteiger partial charge is 0.251 e. The van der Waals surface area contributed by atoms with Crippen LogP contribution in [0.4, 0.5) is 0 Å². The van der Waals surface area contributed by atoms with Crippen LogP contribution in [0.5, 0.6) is 0 Å². The molecule has 4 fully saturated rings. The first-order valence-corrected chi connectivity index (χ1v) is 12.3. The van der Waals surface area contributed by atoms with Crippen molar-refractivity contribution in [1.29, 1.82) is 0 Å². The van der Waals surface area contributed by atoms with Crippen LogP contribution in [-0.4, -0.2) is 20.9 Å². The molecular weight excluding hydrogens is 400 g/mol. The molecule has 160 valence electrons. The Morgan fingerprint density at radius 1 is 1.03 bits per heavy atom.